The van der Waals surface area contributed by atoms with Gasteiger partial charge >= 0.3 is 0 Å². The van der Waals surface area contributed by atoms with Crippen molar-refractivity contribution >= 4 is 12.6 Å². The molecule has 0 spiro atoms. The molecule has 4 heteroatoms. The zero-order valence-corrected chi connectivity index (χ0v) is 11.5. The van der Waals surface area contributed by atoms with Crippen molar-refractivity contribution in [3.05, 3.63) is 11.9 Å². The molecule has 0 bridgehead atoms. The maximum atomic E-state index is 4.37. The van der Waals surface area contributed by atoms with Gasteiger partial charge in [0.1, 0.15) is 0 Å². The van der Waals surface area contributed by atoms with Crippen LogP contribution < -0.4 is 0 Å². The van der Waals surface area contributed by atoms with Gasteiger partial charge in [-0.3, -0.25) is 4.68 Å². The Labute approximate surface area is 104 Å². The van der Waals surface area contributed by atoms with Crippen molar-refractivity contribution in [2.24, 2.45) is 5.92 Å². The first-order chi connectivity index (χ1) is 7.58. The predicted octanol–water partition coefficient (Wildman–Crippen LogP) is 2.97. The lowest BCUT2D eigenvalue weighted by molar-refractivity contribution is 0.472. The van der Waals surface area contributed by atoms with Crippen molar-refractivity contribution in [3.8, 4) is 0 Å². The number of aryl methyl sites for hydroxylation is 1. The van der Waals surface area contributed by atoms with E-state index in [2.05, 4.69) is 49.9 Å². The van der Waals surface area contributed by atoms with E-state index in [1.165, 1.54) is 19.3 Å². The fourth-order valence-corrected chi connectivity index (χ4v) is 1.84. The molecular formula is C12H23N3S. The van der Waals surface area contributed by atoms with Crippen LogP contribution in [-0.4, -0.2) is 20.2 Å². The molecular weight excluding hydrogens is 218 g/mol. The lowest BCUT2D eigenvalue weighted by Crippen LogP contribution is -2.04. The quantitative estimate of drug-likeness (QED) is 0.588. The van der Waals surface area contributed by atoms with Gasteiger partial charge < -0.3 is 0 Å². The third kappa shape index (κ3) is 5.54. The normalized spacial score (nSPS) is 13.3. The summed E-state index contributed by atoms with van der Waals surface area (Å²) in [5.74, 6) is 0.625. The number of hydrogen-bond acceptors (Lipinski definition) is 3. The predicted molar refractivity (Wildman–Crippen MR) is 70.9 cm³/mol. The van der Waals surface area contributed by atoms with Crippen LogP contribution in [0, 0.1) is 5.92 Å². The van der Waals surface area contributed by atoms with Gasteiger partial charge in [0.2, 0.25) is 0 Å². The maximum absolute atomic E-state index is 4.37. The highest BCUT2D eigenvalue weighted by atomic mass is 32.1. The average molecular weight is 241 g/mol. The van der Waals surface area contributed by atoms with E-state index in [0.717, 1.165) is 18.7 Å². The van der Waals surface area contributed by atoms with Crippen molar-refractivity contribution in [2.75, 3.05) is 0 Å². The van der Waals surface area contributed by atoms with E-state index in [0.29, 0.717) is 11.2 Å². The first-order valence-electron chi connectivity index (χ1n) is 6.15. The Hall–Kier alpha value is -0.510. The van der Waals surface area contributed by atoms with E-state index in [1.54, 1.807) is 0 Å². The fraction of sp³-hybridized carbons (Fsp3) is 0.833. The summed E-state index contributed by atoms with van der Waals surface area (Å²) in [4.78, 5) is 0. The lowest BCUT2D eigenvalue weighted by Gasteiger charge is -2.02. The zero-order chi connectivity index (χ0) is 12.0. The number of hydrogen-bond donors (Lipinski definition) is 1. The molecule has 1 aromatic heterocycles. The minimum absolute atomic E-state index is 0.511. The van der Waals surface area contributed by atoms with Crippen LogP contribution in [0.1, 0.15) is 45.7 Å². The lowest BCUT2D eigenvalue weighted by atomic mass is 10.1. The number of aromatic nitrogens is 3. The molecule has 0 N–H and O–H groups in total. The second kappa shape index (κ2) is 6.94. The van der Waals surface area contributed by atoms with Crippen LogP contribution in [0.5, 0.6) is 0 Å². The van der Waals surface area contributed by atoms with Crippen LogP contribution in [0.2, 0.25) is 0 Å². The van der Waals surface area contributed by atoms with Gasteiger partial charge in [-0.25, -0.2) is 0 Å². The Morgan fingerprint density at radius 1 is 1.31 bits per heavy atom. The molecule has 3 nitrogen and oxygen atoms in total. The molecule has 0 aliphatic carbocycles. The summed E-state index contributed by atoms with van der Waals surface area (Å²) in [6.07, 6.45) is 6.71. The van der Waals surface area contributed by atoms with Crippen molar-refractivity contribution in [3.63, 3.8) is 0 Å². The molecule has 0 saturated heterocycles. The van der Waals surface area contributed by atoms with Crippen LogP contribution >= 0.6 is 12.6 Å². The molecule has 0 aromatic carbocycles. The van der Waals surface area contributed by atoms with E-state index in [-0.39, 0.29) is 0 Å². The summed E-state index contributed by atoms with van der Waals surface area (Å²) in [5.41, 5.74) is 1.12. The minimum atomic E-state index is 0.511. The summed E-state index contributed by atoms with van der Waals surface area (Å²) >= 11 is 4.37. The second-order valence-corrected chi connectivity index (χ2v) is 5.80. The van der Waals surface area contributed by atoms with Gasteiger partial charge in [0.05, 0.1) is 5.69 Å². The van der Waals surface area contributed by atoms with Crippen LogP contribution in [-0.2, 0) is 13.0 Å². The molecule has 0 radical (unpaired) electrons. The van der Waals surface area contributed by atoms with Gasteiger partial charge in [-0.1, -0.05) is 32.4 Å². The molecule has 0 aliphatic rings. The number of nitrogens with zero attached hydrogens (tertiary/aromatic N) is 3. The Kier molecular flexibility index (Phi) is 5.88. The number of thiol groups is 1. The molecule has 0 amide bonds. The van der Waals surface area contributed by atoms with E-state index in [4.69, 9.17) is 0 Å². The average Bonchev–Trinajstić information content (AvgIpc) is 2.59. The van der Waals surface area contributed by atoms with Gasteiger partial charge in [0, 0.05) is 12.7 Å². The molecule has 0 aliphatic heterocycles. The van der Waals surface area contributed by atoms with Crippen LogP contribution in [0.4, 0.5) is 0 Å². The highest BCUT2D eigenvalue weighted by Gasteiger charge is 2.03. The van der Waals surface area contributed by atoms with Gasteiger partial charge in [-0.2, -0.15) is 12.6 Å². The van der Waals surface area contributed by atoms with E-state index < -0.39 is 0 Å². The SMILES string of the molecule is CC(C)Cn1cc(CCCCC(C)S)nn1. The molecule has 1 unspecified atom stereocenters. The standard InChI is InChI=1S/C12H23N3S/c1-10(2)8-15-9-12(13-14-15)7-5-4-6-11(3)16/h9-11,16H,4-8H2,1-3H3. The Morgan fingerprint density at radius 2 is 2.06 bits per heavy atom. The first-order valence-corrected chi connectivity index (χ1v) is 6.66. The summed E-state index contributed by atoms with van der Waals surface area (Å²) < 4.78 is 1.95. The third-order valence-corrected chi connectivity index (χ3v) is 2.70. The number of rotatable bonds is 7. The molecule has 1 atom stereocenters. The summed E-state index contributed by atoms with van der Waals surface area (Å²) in [5, 5.41) is 8.81. The van der Waals surface area contributed by atoms with E-state index in [9.17, 15) is 0 Å². The second-order valence-electron chi connectivity index (χ2n) is 4.92. The van der Waals surface area contributed by atoms with Gasteiger partial charge in [0.15, 0.2) is 0 Å². The van der Waals surface area contributed by atoms with Crippen molar-refractivity contribution in [1.82, 2.24) is 15.0 Å². The third-order valence-electron chi connectivity index (χ3n) is 2.44. The van der Waals surface area contributed by atoms with Crippen LogP contribution in [0.3, 0.4) is 0 Å². The molecule has 0 saturated carbocycles. The monoisotopic (exact) mass is 241 g/mol. The first kappa shape index (κ1) is 13.6. The largest absolute Gasteiger partial charge is 0.252 e. The summed E-state index contributed by atoms with van der Waals surface area (Å²) in [7, 11) is 0. The Bertz CT molecular complexity index is 294. The minimum Gasteiger partial charge on any atom is -0.252 e. The van der Waals surface area contributed by atoms with Crippen molar-refractivity contribution in [1.29, 1.82) is 0 Å². The van der Waals surface area contributed by atoms with E-state index in [1.807, 2.05) is 4.68 Å². The molecule has 1 heterocycles. The number of unbranched alkanes of at least 4 members (excludes halogenated alkanes) is 1. The van der Waals surface area contributed by atoms with E-state index >= 15 is 0 Å². The van der Waals surface area contributed by atoms with Crippen molar-refractivity contribution in [2.45, 2.75) is 58.2 Å². The Morgan fingerprint density at radius 3 is 2.69 bits per heavy atom. The molecule has 1 rings (SSSR count). The molecule has 92 valence electrons. The zero-order valence-electron chi connectivity index (χ0n) is 10.6. The van der Waals surface area contributed by atoms with Gasteiger partial charge in [-0.05, 0) is 30.4 Å². The molecule has 0 fully saturated rings. The highest BCUT2D eigenvalue weighted by molar-refractivity contribution is 7.80. The topological polar surface area (TPSA) is 30.7 Å². The van der Waals surface area contributed by atoms with Gasteiger partial charge in [0.25, 0.3) is 0 Å². The smallest absolute Gasteiger partial charge is 0.0827 e. The maximum Gasteiger partial charge on any atom is 0.0827 e. The summed E-state index contributed by atoms with van der Waals surface area (Å²) in [6.45, 7) is 7.48. The fourth-order valence-electron chi connectivity index (χ4n) is 1.66. The van der Waals surface area contributed by atoms with Crippen LogP contribution in [0.25, 0.3) is 0 Å². The summed E-state index contributed by atoms with van der Waals surface area (Å²) in [6, 6.07) is 0. The van der Waals surface area contributed by atoms with Gasteiger partial charge in [-0.15, -0.1) is 5.10 Å². The molecule has 1 aromatic rings. The Balaban J connectivity index is 2.24. The van der Waals surface area contributed by atoms with Crippen molar-refractivity contribution < 1.29 is 0 Å². The molecule has 16 heavy (non-hydrogen) atoms. The van der Waals surface area contributed by atoms with Crippen LogP contribution in [0.15, 0.2) is 6.20 Å². The highest BCUT2D eigenvalue weighted by Crippen LogP contribution is 2.09.